The van der Waals surface area contributed by atoms with Crippen LogP contribution >= 0.6 is 22.6 Å². The van der Waals surface area contributed by atoms with Gasteiger partial charge in [0.15, 0.2) is 0 Å². The monoisotopic (exact) mass is 337 g/mol. The zero-order valence-electron chi connectivity index (χ0n) is 9.49. The molecule has 0 aliphatic carbocycles. The molecule has 0 saturated heterocycles. The molecule has 16 heavy (non-hydrogen) atoms. The van der Waals surface area contributed by atoms with Gasteiger partial charge in [-0.3, -0.25) is 9.36 Å². The zero-order valence-corrected chi connectivity index (χ0v) is 11.7. The molecule has 0 spiro atoms. The maximum absolute atomic E-state index is 11.8. The SMILES string of the molecule is COCCNCCn1cnc(C)c(I)c1=O. The van der Waals surface area contributed by atoms with Gasteiger partial charge in [-0.25, -0.2) is 4.98 Å². The molecule has 0 saturated carbocycles. The highest BCUT2D eigenvalue weighted by atomic mass is 127. The van der Waals surface area contributed by atoms with Crippen LogP contribution in [0.4, 0.5) is 0 Å². The number of aromatic nitrogens is 2. The van der Waals surface area contributed by atoms with Crippen LogP contribution in [-0.2, 0) is 11.3 Å². The Morgan fingerprint density at radius 3 is 3.00 bits per heavy atom. The molecule has 0 aromatic carbocycles. The molecule has 1 aromatic heterocycles. The van der Waals surface area contributed by atoms with Crippen molar-refractivity contribution in [3.05, 3.63) is 25.9 Å². The Morgan fingerprint density at radius 2 is 2.31 bits per heavy atom. The summed E-state index contributed by atoms with van der Waals surface area (Å²) in [4.78, 5) is 15.9. The molecule has 1 rings (SSSR count). The second-order valence-corrected chi connectivity index (χ2v) is 4.46. The van der Waals surface area contributed by atoms with Crippen LogP contribution in [0, 0.1) is 10.5 Å². The number of hydrogen-bond donors (Lipinski definition) is 1. The van der Waals surface area contributed by atoms with Gasteiger partial charge < -0.3 is 10.1 Å². The largest absolute Gasteiger partial charge is 0.383 e. The normalized spacial score (nSPS) is 10.7. The lowest BCUT2D eigenvalue weighted by molar-refractivity contribution is 0.199. The number of nitrogens with zero attached hydrogens (tertiary/aromatic N) is 2. The predicted molar refractivity (Wildman–Crippen MR) is 70.7 cm³/mol. The van der Waals surface area contributed by atoms with Gasteiger partial charge in [0, 0.05) is 26.7 Å². The molecule has 0 amide bonds. The van der Waals surface area contributed by atoms with Gasteiger partial charge in [-0.2, -0.15) is 0 Å². The van der Waals surface area contributed by atoms with Crippen molar-refractivity contribution in [3.63, 3.8) is 0 Å². The van der Waals surface area contributed by atoms with Crippen molar-refractivity contribution in [1.29, 1.82) is 0 Å². The Labute approximate surface area is 108 Å². The number of hydrogen-bond acceptors (Lipinski definition) is 4. The summed E-state index contributed by atoms with van der Waals surface area (Å²) in [6.07, 6.45) is 1.60. The second kappa shape index (κ2) is 6.97. The Balaban J connectivity index is 2.49. The summed E-state index contributed by atoms with van der Waals surface area (Å²) < 4.78 is 7.22. The van der Waals surface area contributed by atoms with E-state index in [1.807, 2.05) is 29.5 Å². The smallest absolute Gasteiger partial charge is 0.267 e. The van der Waals surface area contributed by atoms with E-state index in [1.54, 1.807) is 18.0 Å². The lowest BCUT2D eigenvalue weighted by atomic mass is 10.4. The molecule has 0 aliphatic rings. The van der Waals surface area contributed by atoms with Crippen molar-refractivity contribution in [3.8, 4) is 0 Å². The summed E-state index contributed by atoms with van der Waals surface area (Å²) in [5.41, 5.74) is 0.816. The number of methoxy groups -OCH3 is 1. The van der Waals surface area contributed by atoms with E-state index in [0.29, 0.717) is 16.7 Å². The first kappa shape index (κ1) is 13.6. The van der Waals surface area contributed by atoms with Gasteiger partial charge in [-0.05, 0) is 29.5 Å². The van der Waals surface area contributed by atoms with Gasteiger partial charge in [0.05, 0.1) is 22.2 Å². The summed E-state index contributed by atoms with van der Waals surface area (Å²) in [6, 6.07) is 0. The molecule has 0 fully saturated rings. The molecule has 0 aliphatic heterocycles. The average Bonchev–Trinajstić information content (AvgIpc) is 2.28. The molecule has 1 N–H and O–H groups in total. The minimum Gasteiger partial charge on any atom is -0.383 e. The minimum absolute atomic E-state index is 0.0293. The lowest BCUT2D eigenvalue weighted by Gasteiger charge is -2.07. The van der Waals surface area contributed by atoms with Crippen LogP contribution in [0.1, 0.15) is 5.69 Å². The highest BCUT2D eigenvalue weighted by Crippen LogP contribution is 2.00. The molecular weight excluding hydrogens is 321 g/mol. The number of rotatable bonds is 6. The summed E-state index contributed by atoms with van der Waals surface area (Å²) in [7, 11) is 1.67. The first-order chi connectivity index (χ1) is 7.66. The van der Waals surface area contributed by atoms with Crippen molar-refractivity contribution < 1.29 is 4.74 Å². The average molecular weight is 337 g/mol. The third-order valence-electron chi connectivity index (χ3n) is 2.17. The van der Waals surface area contributed by atoms with Crippen LogP contribution in [-0.4, -0.2) is 36.4 Å². The van der Waals surface area contributed by atoms with E-state index in [1.165, 1.54) is 0 Å². The topological polar surface area (TPSA) is 56.1 Å². The molecule has 0 radical (unpaired) electrons. The summed E-state index contributed by atoms with van der Waals surface area (Å²) >= 11 is 2.03. The number of ether oxygens (including phenoxy) is 1. The maximum Gasteiger partial charge on any atom is 0.267 e. The quantitative estimate of drug-likeness (QED) is 0.603. The Morgan fingerprint density at radius 1 is 1.56 bits per heavy atom. The van der Waals surface area contributed by atoms with E-state index < -0.39 is 0 Å². The molecule has 1 aromatic rings. The molecule has 0 bridgehead atoms. The van der Waals surface area contributed by atoms with Gasteiger partial charge in [-0.1, -0.05) is 0 Å². The van der Waals surface area contributed by atoms with Crippen LogP contribution in [0.3, 0.4) is 0 Å². The Bertz CT molecular complexity index is 392. The maximum atomic E-state index is 11.8. The molecule has 1 heterocycles. The fourth-order valence-electron chi connectivity index (χ4n) is 1.20. The number of aryl methyl sites for hydroxylation is 1. The van der Waals surface area contributed by atoms with E-state index in [0.717, 1.165) is 18.8 Å². The fourth-order valence-corrected chi connectivity index (χ4v) is 1.65. The van der Waals surface area contributed by atoms with Gasteiger partial charge in [0.2, 0.25) is 0 Å². The lowest BCUT2D eigenvalue weighted by Crippen LogP contribution is -2.30. The molecule has 5 nitrogen and oxygen atoms in total. The summed E-state index contributed by atoms with van der Waals surface area (Å²) in [5.74, 6) is 0. The van der Waals surface area contributed by atoms with Crippen molar-refractivity contribution in [2.45, 2.75) is 13.5 Å². The fraction of sp³-hybridized carbons (Fsp3) is 0.600. The van der Waals surface area contributed by atoms with E-state index in [4.69, 9.17) is 4.74 Å². The van der Waals surface area contributed by atoms with Crippen molar-refractivity contribution in [2.75, 3.05) is 26.8 Å². The number of halogens is 1. The number of nitrogens with one attached hydrogen (secondary N) is 1. The van der Waals surface area contributed by atoms with E-state index >= 15 is 0 Å². The first-order valence-corrected chi connectivity index (χ1v) is 6.16. The molecule has 6 heteroatoms. The van der Waals surface area contributed by atoms with E-state index in [9.17, 15) is 4.79 Å². The van der Waals surface area contributed by atoms with Crippen LogP contribution < -0.4 is 10.9 Å². The van der Waals surface area contributed by atoms with E-state index in [-0.39, 0.29) is 5.56 Å². The minimum atomic E-state index is 0.0293. The molecular formula is C10H16IN3O2. The second-order valence-electron chi connectivity index (χ2n) is 3.39. The highest BCUT2D eigenvalue weighted by molar-refractivity contribution is 14.1. The van der Waals surface area contributed by atoms with Crippen molar-refractivity contribution >= 4 is 22.6 Å². The molecule has 0 atom stereocenters. The van der Waals surface area contributed by atoms with Crippen LogP contribution in [0.15, 0.2) is 11.1 Å². The van der Waals surface area contributed by atoms with E-state index in [2.05, 4.69) is 10.3 Å². The van der Waals surface area contributed by atoms with Gasteiger partial charge in [0.1, 0.15) is 0 Å². The van der Waals surface area contributed by atoms with Gasteiger partial charge in [0.25, 0.3) is 5.56 Å². The third-order valence-corrected chi connectivity index (χ3v) is 3.41. The predicted octanol–water partition coefficient (Wildman–Crippen LogP) is 0.392. The molecule has 0 unspecified atom stereocenters. The zero-order chi connectivity index (χ0) is 12.0. The summed E-state index contributed by atoms with van der Waals surface area (Å²) in [6.45, 7) is 4.68. The van der Waals surface area contributed by atoms with Crippen LogP contribution in [0.25, 0.3) is 0 Å². The van der Waals surface area contributed by atoms with Crippen LogP contribution in [0.2, 0.25) is 0 Å². The van der Waals surface area contributed by atoms with Crippen molar-refractivity contribution in [2.24, 2.45) is 0 Å². The summed E-state index contributed by atoms with van der Waals surface area (Å²) in [5, 5.41) is 3.18. The molecule has 90 valence electrons. The van der Waals surface area contributed by atoms with Crippen molar-refractivity contribution in [1.82, 2.24) is 14.9 Å². The van der Waals surface area contributed by atoms with Gasteiger partial charge >= 0.3 is 0 Å². The first-order valence-electron chi connectivity index (χ1n) is 5.08. The van der Waals surface area contributed by atoms with Crippen LogP contribution in [0.5, 0.6) is 0 Å². The Hall–Kier alpha value is -0.470. The third kappa shape index (κ3) is 3.84. The standard InChI is InChI=1S/C10H16IN3O2/c1-8-9(11)10(15)14(7-13-8)5-3-12-4-6-16-2/h7,12H,3-6H2,1-2H3. The van der Waals surface area contributed by atoms with Gasteiger partial charge in [-0.15, -0.1) is 0 Å². The highest BCUT2D eigenvalue weighted by Gasteiger charge is 2.04. The Kier molecular flexibility index (Phi) is 5.93.